The van der Waals surface area contributed by atoms with Gasteiger partial charge in [-0.15, -0.1) is 0 Å². The fourth-order valence-corrected chi connectivity index (χ4v) is 2.65. The van der Waals surface area contributed by atoms with Crippen molar-refractivity contribution in [3.63, 3.8) is 0 Å². The van der Waals surface area contributed by atoms with E-state index in [2.05, 4.69) is 27.9 Å². The average molecular weight is 399 g/mol. The maximum absolute atomic E-state index is 12.4. The molecule has 0 amide bonds. The molecule has 0 unspecified atom stereocenters. The van der Waals surface area contributed by atoms with Crippen molar-refractivity contribution in [1.29, 1.82) is 0 Å². The summed E-state index contributed by atoms with van der Waals surface area (Å²) in [4.78, 5) is 12.4. The minimum Gasteiger partial charge on any atom is -0.362 e. The Morgan fingerprint density at radius 1 is 0.909 bits per heavy atom. The van der Waals surface area contributed by atoms with Gasteiger partial charge in [0.2, 0.25) is 0 Å². The number of nitrogens with one attached hydrogen (secondary N) is 1. The van der Waals surface area contributed by atoms with E-state index in [4.69, 9.17) is 0 Å². The molecule has 22 heavy (non-hydrogen) atoms. The van der Waals surface area contributed by atoms with Crippen LogP contribution in [-0.4, -0.2) is 5.78 Å². The molecule has 0 aliphatic heterocycles. The number of hydrogen-bond donors (Lipinski definition) is 1. The van der Waals surface area contributed by atoms with E-state index < -0.39 is 0 Å². The van der Waals surface area contributed by atoms with Gasteiger partial charge in [-0.1, -0.05) is 42.5 Å². The van der Waals surface area contributed by atoms with E-state index in [0.29, 0.717) is 0 Å². The smallest absolute Gasteiger partial charge is 0.187 e. The summed E-state index contributed by atoms with van der Waals surface area (Å²) in [5.74, 6) is -0.00480. The predicted octanol–water partition coefficient (Wildman–Crippen LogP) is 5.25. The van der Waals surface area contributed by atoms with Gasteiger partial charge in [0, 0.05) is 27.1 Å². The van der Waals surface area contributed by atoms with Crippen LogP contribution in [0.1, 0.15) is 10.4 Å². The molecule has 0 aliphatic carbocycles. The number of benzene rings is 3. The van der Waals surface area contributed by atoms with Crippen LogP contribution in [0.2, 0.25) is 0 Å². The van der Waals surface area contributed by atoms with Gasteiger partial charge in [-0.25, -0.2) is 0 Å². The number of ketones is 1. The van der Waals surface area contributed by atoms with Gasteiger partial charge >= 0.3 is 0 Å². The quantitative estimate of drug-likeness (QED) is 0.369. The molecule has 0 heterocycles. The molecular formula is C19H14INO. The van der Waals surface area contributed by atoms with Gasteiger partial charge in [-0.3, -0.25) is 4.79 Å². The molecule has 2 nitrogen and oxygen atoms in total. The van der Waals surface area contributed by atoms with E-state index >= 15 is 0 Å². The molecule has 3 aromatic rings. The first-order chi connectivity index (χ1) is 10.7. The third-order valence-corrected chi connectivity index (χ3v) is 4.10. The molecule has 3 heteroatoms. The molecule has 0 saturated carbocycles. The Bertz CT molecular complexity index is 832. The van der Waals surface area contributed by atoms with Crippen molar-refractivity contribution in [2.45, 2.75) is 0 Å². The Hall–Kier alpha value is -2.14. The Labute approximate surface area is 143 Å². The second kappa shape index (κ2) is 6.75. The summed E-state index contributed by atoms with van der Waals surface area (Å²) in [5, 5.41) is 5.17. The standard InChI is InChI=1S/C19H14INO/c20-15-8-10-16(11-9-15)21-13-12-19(22)18-7-3-5-14-4-1-2-6-17(14)18/h1-13,21H/b13-12+. The SMILES string of the molecule is O=C(/C=C/Nc1ccc(I)cc1)c1cccc2ccccc12. The first-order valence-electron chi connectivity index (χ1n) is 6.95. The summed E-state index contributed by atoms with van der Waals surface area (Å²) in [5.41, 5.74) is 1.68. The number of fused-ring (bicyclic) bond motifs is 1. The first kappa shape index (κ1) is 14.8. The normalized spacial score (nSPS) is 11.0. The molecule has 0 fully saturated rings. The number of rotatable bonds is 4. The number of halogens is 1. The molecule has 0 bridgehead atoms. The van der Waals surface area contributed by atoms with Gasteiger partial charge in [0.05, 0.1) is 0 Å². The summed E-state index contributed by atoms with van der Waals surface area (Å²) >= 11 is 2.26. The van der Waals surface area contributed by atoms with Gasteiger partial charge in [-0.2, -0.15) is 0 Å². The van der Waals surface area contributed by atoms with Crippen molar-refractivity contribution in [1.82, 2.24) is 0 Å². The summed E-state index contributed by atoms with van der Waals surface area (Å²) in [6.45, 7) is 0. The van der Waals surface area contributed by atoms with Gasteiger partial charge in [0.25, 0.3) is 0 Å². The molecule has 108 valence electrons. The van der Waals surface area contributed by atoms with Crippen LogP contribution in [0.5, 0.6) is 0 Å². The van der Waals surface area contributed by atoms with Crippen LogP contribution < -0.4 is 5.32 Å². The van der Waals surface area contributed by atoms with E-state index in [1.165, 1.54) is 3.57 Å². The largest absolute Gasteiger partial charge is 0.362 e. The lowest BCUT2D eigenvalue weighted by Gasteiger charge is -2.03. The molecule has 0 aliphatic rings. The highest BCUT2D eigenvalue weighted by Gasteiger charge is 2.06. The zero-order valence-corrected chi connectivity index (χ0v) is 13.9. The van der Waals surface area contributed by atoms with E-state index in [1.54, 1.807) is 12.3 Å². The first-order valence-corrected chi connectivity index (χ1v) is 8.03. The molecule has 0 atom stereocenters. The third-order valence-electron chi connectivity index (χ3n) is 3.38. The molecule has 0 aromatic heterocycles. The summed E-state index contributed by atoms with van der Waals surface area (Å²) in [7, 11) is 0. The van der Waals surface area contributed by atoms with Crippen LogP contribution in [0.15, 0.2) is 79.0 Å². The Morgan fingerprint density at radius 2 is 1.64 bits per heavy atom. The van der Waals surface area contributed by atoms with Gasteiger partial charge in [0.1, 0.15) is 0 Å². The predicted molar refractivity (Wildman–Crippen MR) is 100 cm³/mol. The average Bonchev–Trinajstić information content (AvgIpc) is 2.56. The van der Waals surface area contributed by atoms with Crippen LogP contribution in [0.4, 0.5) is 5.69 Å². The topological polar surface area (TPSA) is 29.1 Å². The summed E-state index contributed by atoms with van der Waals surface area (Å²) in [6, 6.07) is 21.7. The monoisotopic (exact) mass is 399 g/mol. The summed E-state index contributed by atoms with van der Waals surface area (Å²) < 4.78 is 1.18. The van der Waals surface area contributed by atoms with Crippen molar-refractivity contribution in [2.75, 3.05) is 5.32 Å². The Kier molecular flexibility index (Phi) is 4.53. The molecular weight excluding hydrogens is 385 g/mol. The number of hydrogen-bond acceptors (Lipinski definition) is 2. The lowest BCUT2D eigenvalue weighted by molar-refractivity contribution is 0.104. The minimum atomic E-state index is -0.00480. The maximum atomic E-state index is 12.4. The second-order valence-corrected chi connectivity index (χ2v) is 6.12. The van der Waals surface area contributed by atoms with Crippen molar-refractivity contribution in [2.24, 2.45) is 0 Å². The fraction of sp³-hybridized carbons (Fsp3) is 0. The number of anilines is 1. The fourth-order valence-electron chi connectivity index (χ4n) is 2.29. The van der Waals surface area contributed by atoms with E-state index in [9.17, 15) is 4.79 Å². The molecule has 3 rings (SSSR count). The van der Waals surface area contributed by atoms with E-state index in [0.717, 1.165) is 22.0 Å². The van der Waals surface area contributed by atoms with Crippen molar-refractivity contribution < 1.29 is 4.79 Å². The molecule has 1 N–H and O–H groups in total. The zero-order chi connectivity index (χ0) is 15.4. The van der Waals surface area contributed by atoms with Crippen molar-refractivity contribution in [3.8, 4) is 0 Å². The Balaban J connectivity index is 1.78. The lowest BCUT2D eigenvalue weighted by atomic mass is 10.0. The van der Waals surface area contributed by atoms with Gasteiger partial charge in [-0.05, 0) is 57.6 Å². The number of carbonyl (C=O) groups is 1. The van der Waals surface area contributed by atoms with Crippen LogP contribution in [0.3, 0.4) is 0 Å². The molecule has 0 radical (unpaired) electrons. The number of carbonyl (C=O) groups excluding carboxylic acids is 1. The highest BCUT2D eigenvalue weighted by Crippen LogP contribution is 2.19. The van der Waals surface area contributed by atoms with Crippen molar-refractivity contribution in [3.05, 3.63) is 88.1 Å². The second-order valence-electron chi connectivity index (χ2n) is 4.88. The Morgan fingerprint density at radius 3 is 2.45 bits per heavy atom. The van der Waals surface area contributed by atoms with Gasteiger partial charge in [0.15, 0.2) is 5.78 Å². The maximum Gasteiger partial charge on any atom is 0.187 e. The van der Waals surface area contributed by atoms with Crippen LogP contribution in [0, 0.1) is 3.57 Å². The van der Waals surface area contributed by atoms with E-state index in [-0.39, 0.29) is 5.78 Å². The highest BCUT2D eigenvalue weighted by atomic mass is 127. The van der Waals surface area contributed by atoms with Crippen LogP contribution in [-0.2, 0) is 0 Å². The van der Waals surface area contributed by atoms with Crippen LogP contribution in [0.25, 0.3) is 10.8 Å². The number of allylic oxidation sites excluding steroid dienone is 1. The van der Waals surface area contributed by atoms with E-state index in [1.807, 2.05) is 66.7 Å². The van der Waals surface area contributed by atoms with Crippen LogP contribution >= 0.6 is 22.6 Å². The van der Waals surface area contributed by atoms with Crippen molar-refractivity contribution >= 4 is 44.8 Å². The highest BCUT2D eigenvalue weighted by molar-refractivity contribution is 14.1. The van der Waals surface area contributed by atoms with Gasteiger partial charge < -0.3 is 5.32 Å². The summed E-state index contributed by atoms with van der Waals surface area (Å²) in [6.07, 6.45) is 3.26. The molecule has 3 aromatic carbocycles. The zero-order valence-electron chi connectivity index (χ0n) is 11.8. The minimum absolute atomic E-state index is 0.00480. The lowest BCUT2D eigenvalue weighted by Crippen LogP contribution is -1.97. The molecule has 0 saturated heterocycles. The third kappa shape index (κ3) is 3.36. The molecule has 0 spiro atoms.